The van der Waals surface area contributed by atoms with Gasteiger partial charge in [0.05, 0.1) is 13.1 Å². The van der Waals surface area contributed by atoms with Crippen LogP contribution in [0.25, 0.3) is 11.2 Å². The standard InChI is InChI=1S/C18H20FN5O2/c1-3-9-24-16(25)14-15(21(2)18(24)26)20-17-22(10-4-11-23(14)17)13-7-5-12(19)6-8-13/h5-8H,3-4,9-11H2,1-2H3/p+1. The monoisotopic (exact) mass is 358 g/mol. The largest absolute Gasteiger partial charge is 0.364 e. The molecule has 0 saturated heterocycles. The van der Waals surface area contributed by atoms with Crippen LogP contribution in [0.1, 0.15) is 19.8 Å². The van der Waals surface area contributed by atoms with E-state index < -0.39 is 0 Å². The van der Waals surface area contributed by atoms with Crippen LogP contribution in [-0.4, -0.2) is 20.7 Å². The number of nitrogens with zero attached hydrogens (tertiary/aromatic N) is 4. The van der Waals surface area contributed by atoms with Gasteiger partial charge in [0.25, 0.3) is 5.56 Å². The summed E-state index contributed by atoms with van der Waals surface area (Å²) in [5.74, 6) is 0.444. The highest BCUT2D eigenvalue weighted by molar-refractivity contribution is 5.70. The first kappa shape index (κ1) is 16.6. The minimum absolute atomic E-state index is 0.270. The maximum atomic E-state index is 13.3. The molecule has 3 aromatic rings. The lowest BCUT2D eigenvalue weighted by Gasteiger charge is -2.22. The molecule has 1 N–H and O–H groups in total. The van der Waals surface area contributed by atoms with Crippen molar-refractivity contribution in [1.29, 1.82) is 0 Å². The molecule has 2 aromatic heterocycles. The molecule has 0 atom stereocenters. The predicted molar refractivity (Wildman–Crippen MR) is 96.3 cm³/mol. The lowest BCUT2D eigenvalue weighted by atomic mass is 10.2. The molecule has 8 heteroatoms. The lowest BCUT2D eigenvalue weighted by Crippen LogP contribution is -2.49. The second-order valence-electron chi connectivity index (χ2n) is 6.58. The molecule has 1 aliphatic heterocycles. The van der Waals surface area contributed by atoms with Gasteiger partial charge in [0, 0.05) is 20.0 Å². The Bertz CT molecular complexity index is 1090. The van der Waals surface area contributed by atoms with Gasteiger partial charge in [-0.15, -0.1) is 0 Å². The van der Waals surface area contributed by atoms with E-state index in [1.54, 1.807) is 19.2 Å². The minimum Gasteiger partial charge on any atom is -0.267 e. The Labute approximate surface area is 148 Å². The number of anilines is 2. The van der Waals surface area contributed by atoms with Crippen molar-refractivity contribution in [1.82, 2.24) is 14.1 Å². The van der Waals surface area contributed by atoms with Gasteiger partial charge in [-0.25, -0.2) is 23.6 Å². The van der Waals surface area contributed by atoms with Crippen LogP contribution in [0.5, 0.6) is 0 Å². The molecule has 0 unspecified atom stereocenters. The van der Waals surface area contributed by atoms with Gasteiger partial charge in [0.2, 0.25) is 11.2 Å². The zero-order chi connectivity index (χ0) is 18.4. The molecule has 26 heavy (non-hydrogen) atoms. The number of imidazole rings is 1. The van der Waals surface area contributed by atoms with Crippen LogP contribution < -0.4 is 20.7 Å². The number of aromatic nitrogens is 4. The first-order valence-electron chi connectivity index (χ1n) is 8.81. The number of rotatable bonds is 3. The van der Waals surface area contributed by atoms with E-state index in [4.69, 9.17) is 0 Å². The number of halogens is 1. The van der Waals surface area contributed by atoms with Crippen LogP contribution in [0.3, 0.4) is 0 Å². The van der Waals surface area contributed by atoms with E-state index in [1.165, 1.54) is 21.3 Å². The highest BCUT2D eigenvalue weighted by atomic mass is 19.1. The van der Waals surface area contributed by atoms with Crippen molar-refractivity contribution in [3.05, 3.63) is 50.9 Å². The highest BCUT2D eigenvalue weighted by Crippen LogP contribution is 2.26. The quantitative estimate of drug-likeness (QED) is 0.720. The van der Waals surface area contributed by atoms with Crippen LogP contribution in [0.4, 0.5) is 16.0 Å². The highest BCUT2D eigenvalue weighted by Gasteiger charge is 2.33. The van der Waals surface area contributed by atoms with Gasteiger partial charge in [-0.2, -0.15) is 0 Å². The van der Waals surface area contributed by atoms with Gasteiger partial charge >= 0.3 is 11.6 Å². The molecule has 136 valence electrons. The minimum atomic E-state index is -0.322. The van der Waals surface area contributed by atoms with Gasteiger partial charge < -0.3 is 0 Å². The van der Waals surface area contributed by atoms with Crippen molar-refractivity contribution in [3.8, 4) is 0 Å². The number of hydrogen-bond donors (Lipinski definition) is 1. The summed E-state index contributed by atoms with van der Waals surface area (Å²) in [4.78, 5) is 30.7. The first-order chi connectivity index (χ1) is 12.5. The molecule has 4 rings (SSSR count). The molecule has 0 radical (unpaired) electrons. The third-order valence-electron chi connectivity index (χ3n) is 4.89. The van der Waals surface area contributed by atoms with Gasteiger partial charge in [0.1, 0.15) is 11.5 Å². The zero-order valence-electron chi connectivity index (χ0n) is 14.8. The molecule has 1 aromatic carbocycles. The predicted octanol–water partition coefficient (Wildman–Crippen LogP) is 1.41. The Hall–Kier alpha value is -2.90. The van der Waals surface area contributed by atoms with Gasteiger partial charge in [-0.05, 0) is 30.7 Å². The molecule has 0 fully saturated rings. The Kier molecular flexibility index (Phi) is 3.90. The normalized spacial score (nSPS) is 14.0. The van der Waals surface area contributed by atoms with Crippen LogP contribution in [0.15, 0.2) is 33.9 Å². The van der Waals surface area contributed by atoms with E-state index in [-0.39, 0.29) is 17.1 Å². The molecule has 0 aliphatic carbocycles. The summed E-state index contributed by atoms with van der Waals surface area (Å²) >= 11 is 0. The number of benzene rings is 1. The maximum absolute atomic E-state index is 13.3. The Morgan fingerprint density at radius 1 is 1.23 bits per heavy atom. The van der Waals surface area contributed by atoms with Crippen molar-refractivity contribution >= 4 is 22.8 Å². The van der Waals surface area contributed by atoms with Crippen LogP contribution in [-0.2, 0) is 20.1 Å². The average molecular weight is 358 g/mol. The summed E-state index contributed by atoms with van der Waals surface area (Å²) in [5, 5.41) is 0. The van der Waals surface area contributed by atoms with Crippen LogP contribution in [0, 0.1) is 5.82 Å². The SMILES string of the molecule is CCCn1c(=O)c2c([nH]c3[n+]2CCCN3c2ccc(F)cc2)n(C)c1=O. The molecule has 0 bridgehead atoms. The smallest absolute Gasteiger partial charge is 0.267 e. The third-order valence-corrected chi connectivity index (χ3v) is 4.89. The number of aromatic amines is 1. The number of hydrogen-bond acceptors (Lipinski definition) is 3. The van der Waals surface area contributed by atoms with Gasteiger partial charge in [0.15, 0.2) is 0 Å². The average Bonchev–Trinajstić information content (AvgIpc) is 3.04. The van der Waals surface area contributed by atoms with E-state index in [1.807, 2.05) is 16.4 Å². The zero-order valence-corrected chi connectivity index (χ0v) is 14.8. The summed E-state index contributed by atoms with van der Waals surface area (Å²) in [6, 6.07) is 6.26. The van der Waals surface area contributed by atoms with E-state index in [0.29, 0.717) is 30.7 Å². The molecule has 0 spiro atoms. The molecule has 3 heterocycles. The van der Waals surface area contributed by atoms with Crippen LogP contribution >= 0.6 is 0 Å². The number of nitrogens with one attached hydrogen (secondary N) is 1. The van der Waals surface area contributed by atoms with Crippen molar-refractivity contribution in [3.63, 3.8) is 0 Å². The number of aryl methyl sites for hydroxylation is 2. The molecule has 1 aliphatic rings. The first-order valence-corrected chi connectivity index (χ1v) is 8.81. The number of H-pyrrole nitrogens is 1. The second-order valence-corrected chi connectivity index (χ2v) is 6.58. The fourth-order valence-corrected chi connectivity index (χ4v) is 3.63. The van der Waals surface area contributed by atoms with Crippen molar-refractivity contribution in [2.75, 3.05) is 11.4 Å². The summed E-state index contributed by atoms with van der Waals surface area (Å²) in [7, 11) is 1.67. The Balaban J connectivity index is 1.98. The molecule has 7 nitrogen and oxygen atoms in total. The van der Waals surface area contributed by atoms with Gasteiger partial charge in [-0.3, -0.25) is 13.9 Å². The summed E-state index contributed by atoms with van der Waals surface area (Å²) in [5.41, 5.74) is 1.26. The lowest BCUT2D eigenvalue weighted by molar-refractivity contribution is -0.663. The summed E-state index contributed by atoms with van der Waals surface area (Å²) in [6.07, 6.45) is 1.55. The Morgan fingerprint density at radius 2 is 1.96 bits per heavy atom. The fraction of sp³-hybridized carbons (Fsp3) is 0.389. The summed E-state index contributed by atoms with van der Waals surface area (Å²) in [6.45, 7) is 3.76. The molecular formula is C18H21FN5O2+. The maximum Gasteiger partial charge on any atom is 0.364 e. The molecule has 0 amide bonds. The van der Waals surface area contributed by atoms with Crippen LogP contribution in [0.2, 0.25) is 0 Å². The van der Waals surface area contributed by atoms with Crippen molar-refractivity contribution in [2.45, 2.75) is 32.9 Å². The van der Waals surface area contributed by atoms with E-state index in [9.17, 15) is 14.0 Å². The molecular weight excluding hydrogens is 337 g/mol. The Morgan fingerprint density at radius 3 is 2.65 bits per heavy atom. The van der Waals surface area contributed by atoms with E-state index in [2.05, 4.69) is 4.98 Å². The number of fused-ring (bicyclic) bond motifs is 3. The van der Waals surface area contributed by atoms with Crippen molar-refractivity contribution in [2.24, 2.45) is 7.05 Å². The summed E-state index contributed by atoms with van der Waals surface area (Å²) < 4.78 is 18.0. The van der Waals surface area contributed by atoms with Crippen molar-refractivity contribution < 1.29 is 8.96 Å². The van der Waals surface area contributed by atoms with E-state index >= 15 is 0 Å². The fourth-order valence-electron chi connectivity index (χ4n) is 3.63. The topological polar surface area (TPSA) is 66.9 Å². The van der Waals surface area contributed by atoms with Gasteiger partial charge in [-0.1, -0.05) is 6.92 Å². The molecule has 0 saturated carbocycles. The third kappa shape index (κ3) is 2.36. The van der Waals surface area contributed by atoms with E-state index in [0.717, 1.165) is 24.6 Å². The second kappa shape index (κ2) is 6.12.